The molecular formula is C29H20ClN3O3. The lowest BCUT2D eigenvalue weighted by Gasteiger charge is -2.28. The number of halogens is 1. The van der Waals surface area contributed by atoms with Crippen LogP contribution in [0.15, 0.2) is 97.2 Å². The van der Waals surface area contributed by atoms with Gasteiger partial charge < -0.3 is 5.32 Å². The van der Waals surface area contributed by atoms with Crippen LogP contribution in [0.1, 0.15) is 37.5 Å². The van der Waals surface area contributed by atoms with Crippen molar-refractivity contribution in [1.29, 1.82) is 0 Å². The van der Waals surface area contributed by atoms with E-state index in [9.17, 15) is 14.4 Å². The number of carbonyl (C=O) groups is 3. The molecule has 0 bridgehead atoms. The molecule has 3 aromatic carbocycles. The zero-order valence-corrected chi connectivity index (χ0v) is 19.8. The number of fused-ring (bicyclic) bond motifs is 1. The van der Waals surface area contributed by atoms with Crippen molar-refractivity contribution in [2.45, 2.75) is 6.54 Å². The van der Waals surface area contributed by atoms with Gasteiger partial charge in [0.2, 0.25) is 0 Å². The van der Waals surface area contributed by atoms with E-state index in [1.54, 1.807) is 91.1 Å². The molecule has 0 fully saturated rings. The van der Waals surface area contributed by atoms with E-state index in [2.05, 4.69) is 10.3 Å². The molecule has 0 unspecified atom stereocenters. The van der Waals surface area contributed by atoms with E-state index in [4.69, 9.17) is 11.6 Å². The van der Waals surface area contributed by atoms with Crippen molar-refractivity contribution in [1.82, 2.24) is 9.88 Å². The van der Waals surface area contributed by atoms with Crippen LogP contribution in [0.5, 0.6) is 0 Å². The highest BCUT2D eigenvalue weighted by Gasteiger charge is 2.34. The van der Waals surface area contributed by atoms with Gasteiger partial charge in [-0.25, -0.2) is 0 Å². The Morgan fingerprint density at radius 3 is 2.39 bits per heavy atom. The second kappa shape index (κ2) is 9.98. The summed E-state index contributed by atoms with van der Waals surface area (Å²) in [7, 11) is 0. The third-order valence-electron chi connectivity index (χ3n) is 5.79. The molecule has 0 saturated heterocycles. The molecule has 3 amide bonds. The lowest BCUT2D eigenvalue weighted by atomic mass is 9.92. The van der Waals surface area contributed by atoms with Gasteiger partial charge in [-0.1, -0.05) is 60.1 Å². The number of nitrogens with one attached hydrogen (secondary N) is 1. The highest BCUT2D eigenvalue weighted by atomic mass is 35.5. The number of hydrogen-bond donors (Lipinski definition) is 1. The minimum absolute atomic E-state index is 0.0676. The summed E-state index contributed by atoms with van der Waals surface area (Å²) < 4.78 is 0. The molecule has 0 spiro atoms. The zero-order valence-electron chi connectivity index (χ0n) is 19.0. The van der Waals surface area contributed by atoms with Crippen molar-refractivity contribution in [2.24, 2.45) is 0 Å². The van der Waals surface area contributed by atoms with Crippen LogP contribution in [0.2, 0.25) is 5.02 Å². The molecule has 6 nitrogen and oxygen atoms in total. The van der Waals surface area contributed by atoms with Gasteiger partial charge in [0.25, 0.3) is 17.7 Å². The molecule has 36 heavy (non-hydrogen) atoms. The van der Waals surface area contributed by atoms with Crippen molar-refractivity contribution in [3.8, 4) is 0 Å². The number of anilines is 1. The van der Waals surface area contributed by atoms with Crippen molar-refractivity contribution in [3.63, 3.8) is 0 Å². The van der Waals surface area contributed by atoms with Crippen LogP contribution in [0.25, 0.3) is 11.6 Å². The monoisotopic (exact) mass is 493 g/mol. The number of imide groups is 1. The third kappa shape index (κ3) is 4.67. The first-order valence-electron chi connectivity index (χ1n) is 11.2. The fraction of sp³-hybridized carbons (Fsp3) is 0.0345. The number of pyridine rings is 1. The molecular weight excluding hydrogens is 474 g/mol. The Bertz CT molecular complexity index is 1520. The fourth-order valence-electron chi connectivity index (χ4n) is 4.06. The van der Waals surface area contributed by atoms with E-state index >= 15 is 0 Å². The first-order valence-corrected chi connectivity index (χ1v) is 11.6. The standard InChI is InChI=1S/C29H20ClN3O3/c30-26-14-4-3-13-24(26)27(34)32-20-10-7-8-19(16-20)17-25-22-11-1-2-12-23(22)28(35)33(29(25)36)18-21-9-5-6-15-31-21/h1-17H,18H2,(H,32,34)/b25-17-. The van der Waals surface area contributed by atoms with Crippen LogP contribution in [-0.4, -0.2) is 27.6 Å². The molecule has 5 rings (SSSR count). The molecule has 2 heterocycles. The smallest absolute Gasteiger partial charge is 0.261 e. The van der Waals surface area contributed by atoms with Gasteiger partial charge in [0.1, 0.15) is 0 Å². The van der Waals surface area contributed by atoms with E-state index in [1.165, 1.54) is 4.90 Å². The van der Waals surface area contributed by atoms with Gasteiger partial charge in [-0.3, -0.25) is 24.3 Å². The summed E-state index contributed by atoms with van der Waals surface area (Å²) in [5.74, 6) is -1.11. The minimum Gasteiger partial charge on any atom is -0.322 e. The molecule has 1 N–H and O–H groups in total. The predicted octanol–water partition coefficient (Wildman–Crippen LogP) is 5.71. The quantitative estimate of drug-likeness (QED) is 0.285. The van der Waals surface area contributed by atoms with Crippen molar-refractivity contribution in [3.05, 3.63) is 130 Å². The van der Waals surface area contributed by atoms with Crippen LogP contribution in [0.4, 0.5) is 5.69 Å². The van der Waals surface area contributed by atoms with Crippen LogP contribution in [0, 0.1) is 0 Å². The number of benzene rings is 3. The van der Waals surface area contributed by atoms with Crippen molar-refractivity contribution >= 4 is 46.7 Å². The second-order valence-corrected chi connectivity index (χ2v) is 8.59. The Hall–Kier alpha value is -4.55. The Balaban J connectivity index is 1.48. The van der Waals surface area contributed by atoms with E-state index < -0.39 is 5.91 Å². The summed E-state index contributed by atoms with van der Waals surface area (Å²) in [6, 6.07) is 26.3. The normalized spacial score (nSPS) is 14.0. The van der Waals surface area contributed by atoms with Crippen LogP contribution >= 0.6 is 11.6 Å². The van der Waals surface area contributed by atoms with Gasteiger partial charge in [0.15, 0.2) is 0 Å². The van der Waals surface area contributed by atoms with Crippen molar-refractivity contribution in [2.75, 3.05) is 5.32 Å². The largest absolute Gasteiger partial charge is 0.322 e. The molecule has 4 aromatic rings. The van der Waals surface area contributed by atoms with Crippen molar-refractivity contribution < 1.29 is 14.4 Å². The molecule has 0 saturated carbocycles. The average molecular weight is 494 g/mol. The highest BCUT2D eigenvalue weighted by molar-refractivity contribution is 6.35. The average Bonchev–Trinajstić information content (AvgIpc) is 2.90. The molecule has 0 atom stereocenters. The van der Waals surface area contributed by atoms with E-state index in [0.717, 1.165) is 0 Å². The third-order valence-corrected chi connectivity index (χ3v) is 6.12. The van der Waals surface area contributed by atoms with E-state index in [0.29, 0.717) is 44.2 Å². The Morgan fingerprint density at radius 1 is 0.861 bits per heavy atom. The Labute approximate surface area is 212 Å². The van der Waals surface area contributed by atoms with Crippen LogP contribution in [0.3, 0.4) is 0 Å². The van der Waals surface area contributed by atoms with Gasteiger partial charge in [-0.15, -0.1) is 0 Å². The molecule has 0 aliphatic carbocycles. The highest BCUT2D eigenvalue weighted by Crippen LogP contribution is 2.31. The zero-order chi connectivity index (χ0) is 25.1. The first kappa shape index (κ1) is 23.2. The lowest BCUT2D eigenvalue weighted by Crippen LogP contribution is -2.41. The van der Waals surface area contributed by atoms with Gasteiger partial charge in [-0.2, -0.15) is 0 Å². The number of nitrogens with zero attached hydrogens (tertiary/aromatic N) is 2. The number of aromatic nitrogens is 1. The summed E-state index contributed by atoms with van der Waals surface area (Å²) in [6.07, 6.45) is 3.35. The lowest BCUT2D eigenvalue weighted by molar-refractivity contribution is -0.123. The predicted molar refractivity (Wildman–Crippen MR) is 139 cm³/mol. The summed E-state index contributed by atoms with van der Waals surface area (Å²) >= 11 is 6.15. The number of amides is 3. The summed E-state index contributed by atoms with van der Waals surface area (Å²) in [4.78, 5) is 44.8. The Kier molecular flexibility index (Phi) is 6.43. The van der Waals surface area contributed by atoms with E-state index in [1.807, 2.05) is 12.1 Å². The number of hydrogen-bond acceptors (Lipinski definition) is 4. The van der Waals surface area contributed by atoms with Crippen LogP contribution < -0.4 is 5.32 Å². The van der Waals surface area contributed by atoms with Gasteiger partial charge in [0.05, 0.1) is 22.8 Å². The molecule has 1 aromatic heterocycles. The maximum absolute atomic E-state index is 13.5. The first-order chi connectivity index (χ1) is 17.5. The van der Waals surface area contributed by atoms with Gasteiger partial charge >= 0.3 is 0 Å². The molecule has 1 aliphatic rings. The molecule has 176 valence electrons. The summed E-state index contributed by atoms with van der Waals surface area (Å²) in [5.41, 5.74) is 3.61. The molecule has 7 heteroatoms. The van der Waals surface area contributed by atoms with Gasteiger partial charge in [-0.05, 0) is 59.7 Å². The second-order valence-electron chi connectivity index (χ2n) is 8.18. The summed E-state index contributed by atoms with van der Waals surface area (Å²) in [5, 5.41) is 3.20. The number of carbonyl (C=O) groups excluding carboxylic acids is 3. The van der Waals surface area contributed by atoms with Crippen LogP contribution in [-0.2, 0) is 11.3 Å². The summed E-state index contributed by atoms with van der Waals surface area (Å²) in [6.45, 7) is 0.0676. The topological polar surface area (TPSA) is 79.4 Å². The number of rotatable bonds is 5. The van der Waals surface area contributed by atoms with Gasteiger partial charge in [0, 0.05) is 23.0 Å². The molecule has 0 radical (unpaired) electrons. The SMILES string of the molecule is O=C(Nc1cccc(/C=C2\C(=O)N(Cc3ccccn3)C(=O)c3ccccc32)c1)c1ccccc1Cl. The fourth-order valence-corrected chi connectivity index (χ4v) is 4.28. The Morgan fingerprint density at radius 2 is 1.61 bits per heavy atom. The molecule has 1 aliphatic heterocycles. The van der Waals surface area contributed by atoms with E-state index in [-0.39, 0.29) is 18.4 Å². The minimum atomic E-state index is -0.408. The maximum atomic E-state index is 13.5. The maximum Gasteiger partial charge on any atom is 0.261 e.